The summed E-state index contributed by atoms with van der Waals surface area (Å²) in [5, 5.41) is 11.0. The van der Waals surface area contributed by atoms with Gasteiger partial charge >= 0.3 is 0 Å². The van der Waals surface area contributed by atoms with Gasteiger partial charge in [0.2, 0.25) is 17.7 Å². The molecule has 2 bridgehead atoms. The first-order valence-electron chi connectivity index (χ1n) is 15.7. The van der Waals surface area contributed by atoms with Gasteiger partial charge in [-0.3, -0.25) is 19.5 Å². The third-order valence-corrected chi connectivity index (χ3v) is 9.91. The zero-order valence-electron chi connectivity index (χ0n) is 24.3. The molecule has 0 aromatic carbocycles. The van der Waals surface area contributed by atoms with E-state index in [9.17, 15) is 14.4 Å². The zero-order valence-corrected chi connectivity index (χ0v) is 24.3. The molecule has 2 N–H and O–H groups in total. The summed E-state index contributed by atoms with van der Waals surface area (Å²) in [6.07, 6.45) is 11.4. The SMILES string of the molecule is CC(C)[C@@H]1CC[C@@H](C)CC(=O)N2C[C@H]3C[C@H](CN(C(=O)CCc4n[nH]c5c4CCCC5)C3)[C@@H]2CCCC(=O)N1. The van der Waals surface area contributed by atoms with E-state index in [0.29, 0.717) is 43.4 Å². The number of fused-ring (bicyclic) bond motifs is 5. The van der Waals surface area contributed by atoms with Crippen LogP contribution in [0.4, 0.5) is 0 Å². The highest BCUT2D eigenvalue weighted by atomic mass is 16.2. The number of aryl methyl sites for hydroxylation is 2. The highest BCUT2D eigenvalue weighted by Crippen LogP contribution is 2.37. The summed E-state index contributed by atoms with van der Waals surface area (Å²) in [5.41, 5.74) is 3.69. The summed E-state index contributed by atoms with van der Waals surface area (Å²) >= 11 is 0. The molecule has 0 unspecified atom stereocenters. The average molecular weight is 540 g/mol. The second kappa shape index (κ2) is 12.4. The predicted octanol–water partition coefficient (Wildman–Crippen LogP) is 4.03. The molecular weight excluding hydrogens is 490 g/mol. The second-order valence-electron chi connectivity index (χ2n) is 13.3. The molecular formula is C31H49N5O3. The van der Waals surface area contributed by atoms with Crippen LogP contribution >= 0.6 is 0 Å². The molecule has 8 heteroatoms. The molecule has 3 saturated heterocycles. The number of hydrogen-bond acceptors (Lipinski definition) is 4. The minimum Gasteiger partial charge on any atom is -0.353 e. The van der Waals surface area contributed by atoms with Crippen LogP contribution < -0.4 is 5.32 Å². The number of aromatic nitrogens is 2. The summed E-state index contributed by atoms with van der Waals surface area (Å²) in [6.45, 7) is 8.71. The van der Waals surface area contributed by atoms with Gasteiger partial charge in [-0.05, 0) is 87.0 Å². The van der Waals surface area contributed by atoms with E-state index in [1.54, 1.807) is 0 Å². The number of carbonyl (C=O) groups is 3. The maximum atomic E-state index is 13.6. The number of amides is 3. The van der Waals surface area contributed by atoms with E-state index in [2.05, 4.69) is 46.1 Å². The van der Waals surface area contributed by atoms with E-state index < -0.39 is 0 Å². The Labute approximate surface area is 234 Å². The third-order valence-electron chi connectivity index (χ3n) is 9.91. The number of carbonyl (C=O) groups excluding carboxylic acids is 3. The van der Waals surface area contributed by atoms with Crippen molar-refractivity contribution in [3.8, 4) is 0 Å². The van der Waals surface area contributed by atoms with Gasteiger partial charge in [-0.2, -0.15) is 5.10 Å². The molecule has 0 radical (unpaired) electrons. The Hall–Kier alpha value is -2.38. The van der Waals surface area contributed by atoms with Crippen molar-refractivity contribution < 1.29 is 14.4 Å². The molecule has 4 aliphatic rings. The number of nitrogens with one attached hydrogen (secondary N) is 2. The lowest BCUT2D eigenvalue weighted by Gasteiger charge is -2.51. The van der Waals surface area contributed by atoms with Gasteiger partial charge in [-0.1, -0.05) is 20.8 Å². The summed E-state index contributed by atoms with van der Waals surface area (Å²) in [4.78, 5) is 44.0. The van der Waals surface area contributed by atoms with Crippen LogP contribution in [0.1, 0.15) is 102 Å². The lowest BCUT2D eigenvalue weighted by Crippen LogP contribution is -2.60. The minimum absolute atomic E-state index is 0.115. The summed E-state index contributed by atoms with van der Waals surface area (Å²) in [7, 11) is 0. The number of aromatic amines is 1. The topological polar surface area (TPSA) is 98.4 Å². The highest BCUT2D eigenvalue weighted by Gasteiger charge is 2.43. The van der Waals surface area contributed by atoms with Gasteiger partial charge in [-0.25, -0.2) is 0 Å². The van der Waals surface area contributed by atoms with Crippen LogP contribution in [0.25, 0.3) is 0 Å². The van der Waals surface area contributed by atoms with Gasteiger partial charge < -0.3 is 15.1 Å². The molecule has 3 fully saturated rings. The normalized spacial score (nSPS) is 30.5. The lowest BCUT2D eigenvalue weighted by atomic mass is 9.77. The monoisotopic (exact) mass is 539 g/mol. The van der Waals surface area contributed by atoms with Crippen molar-refractivity contribution in [2.24, 2.45) is 23.7 Å². The first kappa shape index (κ1) is 28.2. The molecule has 3 aliphatic heterocycles. The number of rotatable bonds is 4. The quantitative estimate of drug-likeness (QED) is 0.604. The summed E-state index contributed by atoms with van der Waals surface area (Å²) < 4.78 is 0. The van der Waals surface area contributed by atoms with Crippen LogP contribution in [-0.4, -0.2) is 69.4 Å². The molecule has 216 valence electrons. The predicted molar refractivity (Wildman–Crippen MR) is 151 cm³/mol. The summed E-state index contributed by atoms with van der Waals surface area (Å²) in [6, 6.07) is 0.286. The minimum atomic E-state index is 0.115. The molecule has 1 aliphatic carbocycles. The van der Waals surface area contributed by atoms with Crippen molar-refractivity contribution in [1.29, 1.82) is 0 Å². The fourth-order valence-electron chi connectivity index (χ4n) is 7.65. The largest absolute Gasteiger partial charge is 0.353 e. The first-order chi connectivity index (χ1) is 18.8. The van der Waals surface area contributed by atoms with Crippen molar-refractivity contribution in [3.05, 3.63) is 17.0 Å². The van der Waals surface area contributed by atoms with Crippen molar-refractivity contribution >= 4 is 17.7 Å². The van der Waals surface area contributed by atoms with Crippen molar-refractivity contribution in [2.75, 3.05) is 19.6 Å². The van der Waals surface area contributed by atoms with Crippen LogP contribution in [0.5, 0.6) is 0 Å². The number of piperidine rings is 2. The van der Waals surface area contributed by atoms with Crippen molar-refractivity contribution in [3.63, 3.8) is 0 Å². The number of H-pyrrole nitrogens is 1. The molecule has 1 aromatic rings. The molecule has 4 heterocycles. The van der Waals surface area contributed by atoms with E-state index in [4.69, 9.17) is 0 Å². The van der Waals surface area contributed by atoms with Gasteiger partial charge in [0, 0.05) is 63.1 Å². The maximum Gasteiger partial charge on any atom is 0.223 e. The standard InChI is InChI=1S/C31H49N5O3/c1-20(2)25-12-11-21(3)15-31(39)36-18-22-16-23(28(36)9-6-10-29(37)32-25)19-35(17-22)30(38)14-13-27-24-7-4-5-8-26(24)33-34-27/h20-23,25,28H,4-19H2,1-3H3,(H,32,37)(H,33,34)/t21-,22+,23-,25+,28+/m1/s1. The van der Waals surface area contributed by atoms with Crippen LogP contribution in [0.3, 0.4) is 0 Å². The Morgan fingerprint density at radius 3 is 2.67 bits per heavy atom. The maximum absolute atomic E-state index is 13.6. The highest BCUT2D eigenvalue weighted by molar-refractivity contribution is 5.78. The van der Waals surface area contributed by atoms with Crippen LogP contribution in [0.2, 0.25) is 0 Å². The molecule has 8 nitrogen and oxygen atoms in total. The van der Waals surface area contributed by atoms with E-state index in [1.807, 2.05) is 0 Å². The fourth-order valence-corrected chi connectivity index (χ4v) is 7.65. The van der Waals surface area contributed by atoms with E-state index in [1.165, 1.54) is 24.1 Å². The molecule has 1 aromatic heterocycles. The number of likely N-dealkylation sites (tertiary alicyclic amines) is 1. The molecule has 3 amide bonds. The number of nitrogens with zero attached hydrogens (tertiary/aromatic N) is 3. The summed E-state index contributed by atoms with van der Waals surface area (Å²) in [5.74, 6) is 1.92. The van der Waals surface area contributed by atoms with Crippen LogP contribution in [0.15, 0.2) is 0 Å². The van der Waals surface area contributed by atoms with Crippen LogP contribution in [-0.2, 0) is 33.6 Å². The van der Waals surface area contributed by atoms with Gasteiger partial charge in [0.1, 0.15) is 0 Å². The second-order valence-corrected chi connectivity index (χ2v) is 13.3. The number of hydrogen-bond donors (Lipinski definition) is 2. The van der Waals surface area contributed by atoms with Crippen molar-refractivity contribution in [1.82, 2.24) is 25.3 Å². The molecule has 0 saturated carbocycles. The Morgan fingerprint density at radius 1 is 1.03 bits per heavy atom. The smallest absolute Gasteiger partial charge is 0.223 e. The Balaban J connectivity index is 1.24. The van der Waals surface area contributed by atoms with Gasteiger partial charge in [0.25, 0.3) is 0 Å². The van der Waals surface area contributed by atoms with Gasteiger partial charge in [0.15, 0.2) is 0 Å². The third kappa shape index (κ3) is 6.68. The van der Waals surface area contributed by atoms with E-state index in [-0.39, 0.29) is 35.7 Å². The zero-order chi connectivity index (χ0) is 27.5. The fraction of sp³-hybridized carbons (Fsp3) is 0.806. The lowest BCUT2D eigenvalue weighted by molar-refractivity contribution is -0.146. The Morgan fingerprint density at radius 2 is 1.85 bits per heavy atom. The average Bonchev–Trinajstić information content (AvgIpc) is 3.33. The van der Waals surface area contributed by atoms with Gasteiger partial charge in [0.05, 0.1) is 5.69 Å². The molecule has 0 spiro atoms. The van der Waals surface area contributed by atoms with E-state index >= 15 is 0 Å². The molecule has 39 heavy (non-hydrogen) atoms. The van der Waals surface area contributed by atoms with Crippen molar-refractivity contribution in [2.45, 2.75) is 116 Å². The first-order valence-corrected chi connectivity index (χ1v) is 15.7. The molecule has 5 rings (SSSR count). The Kier molecular flexibility index (Phi) is 8.97. The molecule has 5 atom stereocenters. The Bertz CT molecular complexity index is 1040. The van der Waals surface area contributed by atoms with Gasteiger partial charge in [-0.15, -0.1) is 0 Å². The van der Waals surface area contributed by atoms with E-state index in [0.717, 1.165) is 70.3 Å². The van der Waals surface area contributed by atoms with Crippen LogP contribution in [0, 0.1) is 23.7 Å².